The van der Waals surface area contributed by atoms with Crippen LogP contribution in [0, 0.1) is 0 Å². The van der Waals surface area contributed by atoms with E-state index in [9.17, 15) is 4.79 Å². The number of morpholine rings is 1. The number of nitrogens with zero attached hydrogens (tertiary/aromatic N) is 2. The third-order valence-electron chi connectivity index (χ3n) is 3.70. The van der Waals surface area contributed by atoms with Gasteiger partial charge in [-0.1, -0.05) is 23.2 Å². The third-order valence-corrected chi connectivity index (χ3v) is 4.44. The number of nitrogens with one attached hydrogen (secondary N) is 2. The number of anilines is 1. The van der Waals surface area contributed by atoms with E-state index in [1.54, 1.807) is 17.1 Å². The summed E-state index contributed by atoms with van der Waals surface area (Å²) in [5, 5.41) is 13.3. The smallest absolute Gasteiger partial charge is 0.227 e. The molecule has 124 valence electrons. The summed E-state index contributed by atoms with van der Waals surface area (Å²) in [5.74, 6) is 0.582. The van der Waals surface area contributed by atoms with Crippen LogP contribution in [0.5, 0.6) is 0 Å². The monoisotopic (exact) mass is 356 g/mol. The van der Waals surface area contributed by atoms with E-state index in [-0.39, 0.29) is 12.0 Å². The lowest BCUT2D eigenvalue weighted by atomic mass is 10.2. The van der Waals surface area contributed by atoms with E-state index >= 15 is 0 Å². The molecule has 0 aromatic heterocycles. The fourth-order valence-corrected chi connectivity index (χ4v) is 2.84. The van der Waals surface area contributed by atoms with Gasteiger partial charge in [-0.3, -0.25) is 9.80 Å². The van der Waals surface area contributed by atoms with Gasteiger partial charge in [0.1, 0.15) is 5.84 Å². The van der Waals surface area contributed by atoms with Gasteiger partial charge in [-0.05, 0) is 18.2 Å². The molecule has 23 heavy (non-hydrogen) atoms. The van der Waals surface area contributed by atoms with E-state index < -0.39 is 0 Å². The zero-order valence-electron chi connectivity index (χ0n) is 12.5. The minimum absolute atomic E-state index is 0.0723. The number of rotatable bonds is 3. The Bertz CT molecular complexity index is 617. The fourth-order valence-electron chi connectivity index (χ4n) is 2.55. The molecule has 1 aromatic rings. The lowest BCUT2D eigenvalue weighted by Crippen LogP contribution is -2.42. The molecule has 6 nitrogen and oxygen atoms in total. The Morgan fingerprint density at radius 1 is 1.43 bits per heavy atom. The molecule has 0 bridgehead atoms. The van der Waals surface area contributed by atoms with Crippen LogP contribution in [-0.2, 0) is 9.53 Å². The van der Waals surface area contributed by atoms with Crippen LogP contribution in [0.15, 0.2) is 23.3 Å². The van der Waals surface area contributed by atoms with E-state index in [1.165, 1.54) is 0 Å². The summed E-state index contributed by atoms with van der Waals surface area (Å²) >= 11 is 11.9. The molecular weight excluding hydrogens is 339 g/mol. The van der Waals surface area contributed by atoms with Gasteiger partial charge in [-0.2, -0.15) is 5.10 Å². The van der Waals surface area contributed by atoms with Crippen LogP contribution in [0.25, 0.3) is 0 Å². The number of hydrazone groups is 1. The van der Waals surface area contributed by atoms with E-state index in [2.05, 4.69) is 15.7 Å². The maximum absolute atomic E-state index is 12.1. The predicted molar refractivity (Wildman–Crippen MR) is 91.2 cm³/mol. The van der Waals surface area contributed by atoms with Crippen molar-refractivity contribution in [1.29, 1.82) is 0 Å². The average molecular weight is 357 g/mol. The van der Waals surface area contributed by atoms with Gasteiger partial charge in [-0.15, -0.1) is 0 Å². The molecule has 0 aliphatic carbocycles. The maximum Gasteiger partial charge on any atom is 0.227 e. The Hall–Kier alpha value is -1.34. The SMILES string of the molecule is O=C(C[C@H]1CNCCO1)NC1=NN(c2ccc(Cl)c(Cl)c2)CC1. The van der Waals surface area contributed by atoms with Gasteiger partial charge in [0.15, 0.2) is 0 Å². The van der Waals surface area contributed by atoms with Gasteiger partial charge >= 0.3 is 0 Å². The number of hydrogen-bond acceptors (Lipinski definition) is 5. The largest absolute Gasteiger partial charge is 0.375 e. The number of amidine groups is 1. The molecule has 2 N–H and O–H groups in total. The fraction of sp³-hybridized carbons (Fsp3) is 0.467. The molecule has 2 aliphatic rings. The normalized spacial score (nSPS) is 21.2. The molecule has 1 saturated heterocycles. The number of carbonyl (C=O) groups is 1. The molecule has 0 saturated carbocycles. The van der Waals surface area contributed by atoms with E-state index in [4.69, 9.17) is 27.9 Å². The maximum atomic E-state index is 12.1. The minimum atomic E-state index is -0.0755. The van der Waals surface area contributed by atoms with Crippen molar-refractivity contribution >= 4 is 40.6 Å². The second-order valence-electron chi connectivity index (χ2n) is 5.47. The first kappa shape index (κ1) is 16.5. The summed E-state index contributed by atoms with van der Waals surface area (Å²) in [7, 11) is 0. The lowest BCUT2D eigenvalue weighted by Gasteiger charge is -2.22. The standard InChI is InChI=1S/C15H18Cl2N4O2/c16-12-2-1-10(7-13(12)17)21-5-3-14(20-21)19-15(22)8-11-9-18-4-6-23-11/h1-2,7,11,18H,3-6,8-9H2,(H,19,20,22)/t11-/m0/s1. The first-order chi connectivity index (χ1) is 11.1. The molecule has 2 aliphatic heterocycles. The van der Waals surface area contributed by atoms with Gasteiger partial charge < -0.3 is 15.4 Å². The number of benzene rings is 1. The van der Waals surface area contributed by atoms with Gasteiger partial charge in [0.2, 0.25) is 5.91 Å². The van der Waals surface area contributed by atoms with Crippen molar-refractivity contribution in [3.8, 4) is 0 Å². The molecule has 1 fully saturated rings. The highest BCUT2D eigenvalue weighted by atomic mass is 35.5. The van der Waals surface area contributed by atoms with Crippen LogP contribution in [-0.4, -0.2) is 44.1 Å². The molecule has 8 heteroatoms. The summed E-state index contributed by atoms with van der Waals surface area (Å²) in [6.45, 7) is 2.87. The van der Waals surface area contributed by atoms with Gasteiger partial charge in [0, 0.05) is 26.1 Å². The number of carbonyl (C=O) groups excluding carboxylic acids is 1. The molecule has 0 radical (unpaired) electrons. The summed E-state index contributed by atoms with van der Waals surface area (Å²) in [4.78, 5) is 12.1. The number of amides is 1. The summed E-state index contributed by atoms with van der Waals surface area (Å²) in [5.41, 5.74) is 0.850. The van der Waals surface area contributed by atoms with E-state index in [0.717, 1.165) is 12.2 Å². The van der Waals surface area contributed by atoms with Gasteiger partial charge in [0.25, 0.3) is 0 Å². The van der Waals surface area contributed by atoms with Crippen molar-refractivity contribution in [2.75, 3.05) is 31.3 Å². The van der Waals surface area contributed by atoms with Gasteiger partial charge in [-0.25, -0.2) is 0 Å². The highest BCUT2D eigenvalue weighted by molar-refractivity contribution is 6.42. The zero-order valence-corrected chi connectivity index (χ0v) is 14.0. The molecule has 3 rings (SSSR count). The first-order valence-corrected chi connectivity index (χ1v) is 8.29. The van der Waals surface area contributed by atoms with E-state index in [1.807, 2.05) is 6.07 Å². The highest BCUT2D eigenvalue weighted by Crippen LogP contribution is 2.28. The van der Waals surface area contributed by atoms with E-state index in [0.29, 0.717) is 48.4 Å². The molecule has 1 atom stereocenters. The van der Waals surface area contributed by atoms with Crippen LogP contribution < -0.4 is 15.6 Å². The Morgan fingerprint density at radius 3 is 3.04 bits per heavy atom. The molecule has 1 amide bonds. The number of halogens is 2. The summed E-state index contributed by atoms with van der Waals surface area (Å²) in [6.07, 6.45) is 0.936. The quantitative estimate of drug-likeness (QED) is 0.869. The molecule has 1 aromatic carbocycles. The van der Waals surface area contributed by atoms with Crippen LogP contribution in [0.4, 0.5) is 5.69 Å². The zero-order chi connectivity index (χ0) is 16.2. The minimum Gasteiger partial charge on any atom is -0.375 e. The summed E-state index contributed by atoms with van der Waals surface area (Å²) in [6, 6.07) is 5.35. The number of ether oxygens (including phenoxy) is 1. The van der Waals surface area contributed by atoms with Crippen molar-refractivity contribution in [1.82, 2.24) is 10.6 Å². The van der Waals surface area contributed by atoms with Crippen LogP contribution in [0.2, 0.25) is 10.0 Å². The molecular formula is C15H18Cl2N4O2. The Balaban J connectivity index is 1.56. The average Bonchev–Trinajstić information content (AvgIpc) is 2.99. The van der Waals surface area contributed by atoms with Crippen molar-refractivity contribution in [2.24, 2.45) is 5.10 Å². The Labute approximate surface area is 144 Å². The summed E-state index contributed by atoms with van der Waals surface area (Å²) < 4.78 is 5.53. The van der Waals surface area contributed by atoms with Crippen molar-refractivity contribution < 1.29 is 9.53 Å². The second kappa shape index (κ2) is 7.49. The predicted octanol–water partition coefficient (Wildman–Crippen LogP) is 2.01. The van der Waals surface area contributed by atoms with Crippen LogP contribution in [0.1, 0.15) is 12.8 Å². The lowest BCUT2D eigenvalue weighted by molar-refractivity contribution is -0.123. The Kier molecular flexibility index (Phi) is 5.38. The number of hydrogen-bond donors (Lipinski definition) is 2. The van der Waals surface area contributed by atoms with Crippen molar-refractivity contribution in [3.63, 3.8) is 0 Å². The Morgan fingerprint density at radius 2 is 2.30 bits per heavy atom. The van der Waals surface area contributed by atoms with Crippen molar-refractivity contribution in [2.45, 2.75) is 18.9 Å². The highest BCUT2D eigenvalue weighted by Gasteiger charge is 2.21. The molecule has 2 heterocycles. The molecule has 0 unspecified atom stereocenters. The molecule has 0 spiro atoms. The van der Waals surface area contributed by atoms with Crippen LogP contribution in [0.3, 0.4) is 0 Å². The van der Waals surface area contributed by atoms with Gasteiger partial charge in [0.05, 0.1) is 34.9 Å². The topological polar surface area (TPSA) is 66.0 Å². The second-order valence-corrected chi connectivity index (χ2v) is 6.28. The first-order valence-electron chi connectivity index (χ1n) is 7.54. The third kappa shape index (κ3) is 4.35. The van der Waals surface area contributed by atoms with Crippen LogP contribution >= 0.6 is 23.2 Å². The van der Waals surface area contributed by atoms with Crippen molar-refractivity contribution in [3.05, 3.63) is 28.2 Å².